The van der Waals surface area contributed by atoms with Gasteiger partial charge in [0.2, 0.25) is 0 Å². The Labute approximate surface area is 122 Å². The number of rotatable bonds is 3. The van der Waals surface area contributed by atoms with Crippen LogP contribution in [0.3, 0.4) is 0 Å². The van der Waals surface area contributed by atoms with E-state index in [0.29, 0.717) is 28.9 Å². The molecular formula is C17H15NO3. The van der Waals surface area contributed by atoms with Crippen LogP contribution in [-0.4, -0.2) is 23.2 Å². The molecule has 2 aromatic carbocycles. The molecular weight excluding hydrogens is 266 g/mol. The zero-order chi connectivity index (χ0) is 15.0. The highest BCUT2D eigenvalue weighted by molar-refractivity contribution is 6.30. The van der Waals surface area contributed by atoms with Crippen LogP contribution in [0.4, 0.5) is 5.69 Å². The van der Waals surface area contributed by atoms with E-state index in [-0.39, 0.29) is 22.9 Å². The monoisotopic (exact) mass is 281 g/mol. The number of carbonyl (C=O) groups is 2. The van der Waals surface area contributed by atoms with Gasteiger partial charge in [-0.3, -0.25) is 9.59 Å². The maximum atomic E-state index is 12.7. The first-order valence-electron chi connectivity index (χ1n) is 6.93. The standard InChI is InChI=1S/C17H15NO3/c1-2-9-18-15-13(19)8-7-12-14(15)17(21)11-6-4-3-5-10(11)16(12)20/h3-8,18-19H,2,9H2,1H3. The van der Waals surface area contributed by atoms with E-state index >= 15 is 0 Å². The highest BCUT2D eigenvalue weighted by atomic mass is 16.3. The Kier molecular flexibility index (Phi) is 3.22. The van der Waals surface area contributed by atoms with Gasteiger partial charge in [-0.05, 0) is 18.6 Å². The second kappa shape index (κ2) is 5.05. The van der Waals surface area contributed by atoms with Crippen LogP contribution in [0.1, 0.15) is 45.2 Å². The van der Waals surface area contributed by atoms with E-state index in [2.05, 4.69) is 5.32 Å². The van der Waals surface area contributed by atoms with E-state index in [1.807, 2.05) is 6.92 Å². The number of hydrogen-bond acceptors (Lipinski definition) is 4. The summed E-state index contributed by atoms with van der Waals surface area (Å²) in [7, 11) is 0. The minimum Gasteiger partial charge on any atom is -0.506 e. The Bertz CT molecular complexity index is 750. The summed E-state index contributed by atoms with van der Waals surface area (Å²) in [5.74, 6) is -0.419. The molecule has 0 heterocycles. The van der Waals surface area contributed by atoms with Gasteiger partial charge in [0.25, 0.3) is 0 Å². The predicted octanol–water partition coefficient (Wildman–Crippen LogP) is 2.99. The fourth-order valence-electron chi connectivity index (χ4n) is 2.60. The van der Waals surface area contributed by atoms with Gasteiger partial charge in [0.1, 0.15) is 5.75 Å². The lowest BCUT2D eigenvalue weighted by Gasteiger charge is -2.21. The van der Waals surface area contributed by atoms with Crippen LogP contribution >= 0.6 is 0 Å². The van der Waals surface area contributed by atoms with E-state index in [9.17, 15) is 14.7 Å². The average Bonchev–Trinajstić information content (AvgIpc) is 2.51. The fraction of sp³-hybridized carbons (Fsp3) is 0.176. The van der Waals surface area contributed by atoms with E-state index in [0.717, 1.165) is 6.42 Å². The van der Waals surface area contributed by atoms with Crippen molar-refractivity contribution < 1.29 is 14.7 Å². The third kappa shape index (κ3) is 2.00. The first-order valence-corrected chi connectivity index (χ1v) is 6.93. The third-order valence-corrected chi connectivity index (χ3v) is 3.62. The minimum atomic E-state index is -0.227. The number of hydrogen-bond donors (Lipinski definition) is 2. The van der Waals surface area contributed by atoms with Crippen molar-refractivity contribution in [1.29, 1.82) is 0 Å². The molecule has 3 rings (SSSR count). The molecule has 0 aromatic heterocycles. The number of benzene rings is 2. The number of anilines is 1. The van der Waals surface area contributed by atoms with Crippen molar-refractivity contribution in [1.82, 2.24) is 0 Å². The minimum absolute atomic E-state index is 0.0114. The number of phenolic OH excluding ortho intramolecular Hbond substituents is 1. The van der Waals surface area contributed by atoms with Crippen LogP contribution in [0, 0.1) is 0 Å². The molecule has 1 aliphatic carbocycles. The molecule has 0 unspecified atom stereocenters. The molecule has 4 nitrogen and oxygen atoms in total. The molecule has 0 aliphatic heterocycles. The SMILES string of the molecule is CCCNc1c(O)ccc2c1C(=O)c1ccccc1C2=O. The van der Waals surface area contributed by atoms with Gasteiger partial charge < -0.3 is 10.4 Å². The van der Waals surface area contributed by atoms with Crippen LogP contribution < -0.4 is 5.32 Å². The van der Waals surface area contributed by atoms with Crippen molar-refractivity contribution in [2.75, 3.05) is 11.9 Å². The summed E-state index contributed by atoms with van der Waals surface area (Å²) in [5.41, 5.74) is 1.77. The molecule has 4 heteroatoms. The molecule has 2 N–H and O–H groups in total. The summed E-state index contributed by atoms with van der Waals surface area (Å²) >= 11 is 0. The number of phenols is 1. The van der Waals surface area contributed by atoms with Crippen molar-refractivity contribution in [2.45, 2.75) is 13.3 Å². The Morgan fingerprint density at radius 2 is 1.62 bits per heavy atom. The molecule has 0 amide bonds. The Balaban J connectivity index is 2.23. The first-order chi connectivity index (χ1) is 10.1. The number of carbonyl (C=O) groups excluding carboxylic acids is 2. The molecule has 0 atom stereocenters. The second-order valence-electron chi connectivity index (χ2n) is 5.01. The summed E-state index contributed by atoms with van der Waals surface area (Å²) in [6.45, 7) is 2.61. The molecule has 2 aromatic rings. The van der Waals surface area contributed by atoms with E-state index in [1.165, 1.54) is 12.1 Å². The molecule has 21 heavy (non-hydrogen) atoms. The zero-order valence-electron chi connectivity index (χ0n) is 11.6. The quantitative estimate of drug-likeness (QED) is 0.724. The normalized spacial score (nSPS) is 12.8. The maximum absolute atomic E-state index is 12.7. The van der Waals surface area contributed by atoms with E-state index < -0.39 is 0 Å². The van der Waals surface area contributed by atoms with Gasteiger partial charge >= 0.3 is 0 Å². The van der Waals surface area contributed by atoms with Gasteiger partial charge in [0.15, 0.2) is 11.6 Å². The summed E-state index contributed by atoms with van der Waals surface area (Å²) in [5, 5.41) is 13.1. The maximum Gasteiger partial charge on any atom is 0.196 e. The number of aromatic hydroxyl groups is 1. The molecule has 106 valence electrons. The van der Waals surface area contributed by atoms with Crippen molar-refractivity contribution >= 4 is 17.3 Å². The van der Waals surface area contributed by atoms with Crippen LogP contribution in [0.25, 0.3) is 0 Å². The molecule has 0 fully saturated rings. The largest absolute Gasteiger partial charge is 0.506 e. The van der Waals surface area contributed by atoms with Gasteiger partial charge in [0.05, 0.1) is 11.3 Å². The third-order valence-electron chi connectivity index (χ3n) is 3.62. The number of fused-ring (bicyclic) bond motifs is 2. The highest BCUT2D eigenvalue weighted by Crippen LogP contribution is 2.37. The first kappa shape index (κ1) is 13.4. The fourth-order valence-corrected chi connectivity index (χ4v) is 2.60. The van der Waals surface area contributed by atoms with Crippen molar-refractivity contribution in [3.63, 3.8) is 0 Å². The second-order valence-corrected chi connectivity index (χ2v) is 5.01. The van der Waals surface area contributed by atoms with Crippen LogP contribution in [0.2, 0.25) is 0 Å². The number of ketones is 2. The smallest absolute Gasteiger partial charge is 0.196 e. The molecule has 0 bridgehead atoms. The van der Waals surface area contributed by atoms with Crippen LogP contribution in [-0.2, 0) is 0 Å². The van der Waals surface area contributed by atoms with E-state index in [4.69, 9.17) is 0 Å². The summed E-state index contributed by atoms with van der Waals surface area (Å²) in [6, 6.07) is 9.74. The summed E-state index contributed by atoms with van der Waals surface area (Å²) < 4.78 is 0. The van der Waals surface area contributed by atoms with Crippen molar-refractivity contribution in [3.8, 4) is 5.75 Å². The van der Waals surface area contributed by atoms with Gasteiger partial charge in [-0.2, -0.15) is 0 Å². The summed E-state index contributed by atoms with van der Waals surface area (Å²) in [6.07, 6.45) is 0.849. The summed E-state index contributed by atoms with van der Waals surface area (Å²) in [4.78, 5) is 25.2. The van der Waals surface area contributed by atoms with E-state index in [1.54, 1.807) is 24.3 Å². The highest BCUT2D eigenvalue weighted by Gasteiger charge is 2.32. The molecule has 0 saturated carbocycles. The molecule has 0 radical (unpaired) electrons. The van der Waals surface area contributed by atoms with Gasteiger partial charge in [0, 0.05) is 23.2 Å². The Morgan fingerprint density at radius 1 is 0.952 bits per heavy atom. The van der Waals surface area contributed by atoms with Crippen molar-refractivity contribution in [3.05, 3.63) is 58.7 Å². The van der Waals surface area contributed by atoms with Crippen molar-refractivity contribution in [2.24, 2.45) is 0 Å². The molecule has 0 spiro atoms. The van der Waals surface area contributed by atoms with Crippen LogP contribution in [0.15, 0.2) is 36.4 Å². The molecule has 1 aliphatic rings. The lowest BCUT2D eigenvalue weighted by atomic mass is 9.83. The lowest BCUT2D eigenvalue weighted by molar-refractivity contribution is 0.0979. The average molecular weight is 281 g/mol. The van der Waals surface area contributed by atoms with Gasteiger partial charge in [-0.1, -0.05) is 31.2 Å². The Hall–Kier alpha value is -2.62. The predicted molar refractivity (Wildman–Crippen MR) is 80.2 cm³/mol. The molecule has 0 saturated heterocycles. The lowest BCUT2D eigenvalue weighted by Crippen LogP contribution is -2.22. The number of nitrogens with one attached hydrogen (secondary N) is 1. The topological polar surface area (TPSA) is 66.4 Å². The Morgan fingerprint density at radius 3 is 2.29 bits per heavy atom. The van der Waals surface area contributed by atoms with Gasteiger partial charge in [-0.25, -0.2) is 0 Å². The van der Waals surface area contributed by atoms with Gasteiger partial charge in [-0.15, -0.1) is 0 Å². The van der Waals surface area contributed by atoms with Crippen LogP contribution in [0.5, 0.6) is 5.75 Å². The zero-order valence-corrected chi connectivity index (χ0v) is 11.6.